The van der Waals surface area contributed by atoms with Gasteiger partial charge in [0.2, 0.25) is 0 Å². The lowest BCUT2D eigenvalue weighted by Crippen LogP contribution is -2.16. The van der Waals surface area contributed by atoms with Crippen LogP contribution in [0.5, 0.6) is 0 Å². The minimum Gasteiger partial charge on any atom is -0.365 e. The summed E-state index contributed by atoms with van der Waals surface area (Å²) in [7, 11) is 0. The SMILES string of the molecule is Cc1cnc(C)c(C(N)=O)c1Nc1ccccc1. The van der Waals surface area contributed by atoms with Crippen LogP contribution in [0.15, 0.2) is 36.5 Å². The van der Waals surface area contributed by atoms with Crippen LogP contribution in [0.2, 0.25) is 0 Å². The Labute approximate surface area is 106 Å². The lowest BCUT2D eigenvalue weighted by Gasteiger charge is -2.14. The highest BCUT2D eigenvalue weighted by Gasteiger charge is 2.15. The van der Waals surface area contributed by atoms with Crippen molar-refractivity contribution in [2.24, 2.45) is 5.73 Å². The molecule has 92 valence electrons. The maximum atomic E-state index is 11.5. The number of nitrogens with zero attached hydrogens (tertiary/aromatic N) is 1. The van der Waals surface area contributed by atoms with Crippen LogP contribution in [0.25, 0.3) is 0 Å². The van der Waals surface area contributed by atoms with Crippen molar-refractivity contribution in [3.8, 4) is 0 Å². The van der Waals surface area contributed by atoms with Crippen molar-refractivity contribution in [3.63, 3.8) is 0 Å². The van der Waals surface area contributed by atoms with Crippen molar-refractivity contribution in [2.45, 2.75) is 13.8 Å². The zero-order chi connectivity index (χ0) is 13.1. The van der Waals surface area contributed by atoms with Gasteiger partial charge in [-0.1, -0.05) is 18.2 Å². The summed E-state index contributed by atoms with van der Waals surface area (Å²) in [6.07, 6.45) is 1.73. The molecule has 0 unspecified atom stereocenters. The van der Waals surface area contributed by atoms with Gasteiger partial charge in [-0.25, -0.2) is 0 Å². The number of hydrogen-bond acceptors (Lipinski definition) is 3. The summed E-state index contributed by atoms with van der Waals surface area (Å²) in [6.45, 7) is 3.67. The van der Waals surface area contributed by atoms with E-state index in [0.29, 0.717) is 11.3 Å². The summed E-state index contributed by atoms with van der Waals surface area (Å²) in [6, 6.07) is 9.65. The third-order valence-corrected chi connectivity index (χ3v) is 2.75. The first-order valence-corrected chi connectivity index (χ1v) is 5.67. The lowest BCUT2D eigenvalue weighted by atomic mass is 10.1. The molecule has 18 heavy (non-hydrogen) atoms. The molecule has 0 aliphatic rings. The number of hydrogen-bond donors (Lipinski definition) is 2. The van der Waals surface area contributed by atoms with E-state index in [9.17, 15) is 4.79 Å². The Bertz CT molecular complexity index is 579. The number of pyridine rings is 1. The standard InChI is InChI=1S/C14H15N3O/c1-9-8-16-10(2)12(14(15)18)13(9)17-11-6-4-3-5-7-11/h3-8H,1-2H3,(H2,15,18)(H,16,17). The predicted molar refractivity (Wildman–Crippen MR) is 72.0 cm³/mol. The van der Waals surface area contributed by atoms with Gasteiger partial charge < -0.3 is 11.1 Å². The van der Waals surface area contributed by atoms with Crippen LogP contribution >= 0.6 is 0 Å². The van der Waals surface area contributed by atoms with Crippen molar-refractivity contribution in [3.05, 3.63) is 53.3 Å². The Hall–Kier alpha value is -2.36. The molecular weight excluding hydrogens is 226 g/mol. The molecule has 0 atom stereocenters. The van der Waals surface area contributed by atoms with Gasteiger partial charge in [0, 0.05) is 11.9 Å². The van der Waals surface area contributed by atoms with Gasteiger partial charge in [0.15, 0.2) is 0 Å². The smallest absolute Gasteiger partial charge is 0.252 e. The van der Waals surface area contributed by atoms with E-state index in [4.69, 9.17) is 5.73 Å². The number of aryl methyl sites for hydroxylation is 2. The van der Waals surface area contributed by atoms with E-state index in [1.54, 1.807) is 13.1 Å². The minimum absolute atomic E-state index is 0.443. The second kappa shape index (κ2) is 4.87. The molecule has 2 rings (SSSR count). The average molecular weight is 241 g/mol. The Morgan fingerprint density at radius 1 is 1.22 bits per heavy atom. The minimum atomic E-state index is -0.470. The van der Waals surface area contributed by atoms with Crippen molar-refractivity contribution >= 4 is 17.3 Å². The zero-order valence-electron chi connectivity index (χ0n) is 10.4. The molecule has 0 aliphatic carbocycles. The van der Waals surface area contributed by atoms with Crippen LogP contribution in [0, 0.1) is 13.8 Å². The van der Waals surface area contributed by atoms with Crippen LogP contribution < -0.4 is 11.1 Å². The van der Waals surface area contributed by atoms with E-state index in [0.717, 1.165) is 16.9 Å². The van der Waals surface area contributed by atoms with E-state index in [1.165, 1.54) is 0 Å². The monoisotopic (exact) mass is 241 g/mol. The number of rotatable bonds is 3. The topological polar surface area (TPSA) is 68.0 Å². The summed E-state index contributed by atoms with van der Waals surface area (Å²) >= 11 is 0. The first-order chi connectivity index (χ1) is 8.59. The van der Waals surface area contributed by atoms with Crippen molar-refractivity contribution in [1.82, 2.24) is 4.98 Å². The summed E-state index contributed by atoms with van der Waals surface area (Å²) in [5, 5.41) is 3.22. The number of carbonyl (C=O) groups excluding carboxylic acids is 1. The van der Waals surface area contributed by atoms with Gasteiger partial charge in [-0.3, -0.25) is 9.78 Å². The molecule has 2 aromatic rings. The third kappa shape index (κ3) is 2.32. The van der Waals surface area contributed by atoms with Gasteiger partial charge in [0.05, 0.1) is 16.9 Å². The van der Waals surface area contributed by atoms with E-state index in [2.05, 4.69) is 10.3 Å². The van der Waals surface area contributed by atoms with Gasteiger partial charge in [-0.15, -0.1) is 0 Å². The van der Waals surface area contributed by atoms with Crippen molar-refractivity contribution in [2.75, 3.05) is 5.32 Å². The maximum absolute atomic E-state index is 11.5. The molecule has 0 saturated carbocycles. The molecular formula is C14H15N3O. The molecule has 1 heterocycles. The molecule has 1 aromatic carbocycles. The van der Waals surface area contributed by atoms with Crippen LogP contribution in [0.1, 0.15) is 21.6 Å². The van der Waals surface area contributed by atoms with Crippen LogP contribution in [-0.4, -0.2) is 10.9 Å². The molecule has 0 bridgehead atoms. The molecule has 4 nitrogen and oxygen atoms in total. The molecule has 1 aromatic heterocycles. The Kier molecular flexibility index (Phi) is 3.28. The molecule has 4 heteroatoms. The molecule has 0 spiro atoms. The van der Waals surface area contributed by atoms with Gasteiger partial charge in [-0.05, 0) is 31.5 Å². The zero-order valence-corrected chi connectivity index (χ0v) is 10.4. The second-order valence-electron chi connectivity index (χ2n) is 4.13. The quantitative estimate of drug-likeness (QED) is 0.867. The predicted octanol–water partition coefficient (Wildman–Crippen LogP) is 2.54. The summed E-state index contributed by atoms with van der Waals surface area (Å²) in [5.41, 5.74) is 9.01. The number of amides is 1. The van der Waals surface area contributed by atoms with Crippen LogP contribution in [0.4, 0.5) is 11.4 Å². The molecule has 1 amide bonds. The first kappa shape index (κ1) is 12.1. The lowest BCUT2D eigenvalue weighted by molar-refractivity contribution is 0.1000. The first-order valence-electron chi connectivity index (χ1n) is 5.67. The van der Waals surface area contributed by atoms with Crippen molar-refractivity contribution in [1.29, 1.82) is 0 Å². The van der Waals surface area contributed by atoms with Gasteiger partial charge in [0.25, 0.3) is 5.91 Å². The highest BCUT2D eigenvalue weighted by Crippen LogP contribution is 2.25. The second-order valence-corrected chi connectivity index (χ2v) is 4.13. The van der Waals surface area contributed by atoms with Crippen molar-refractivity contribution < 1.29 is 4.79 Å². The summed E-state index contributed by atoms with van der Waals surface area (Å²) < 4.78 is 0. The fraction of sp³-hybridized carbons (Fsp3) is 0.143. The number of nitrogens with two attached hydrogens (primary N) is 1. The summed E-state index contributed by atoms with van der Waals surface area (Å²) in [5.74, 6) is -0.470. The van der Waals surface area contributed by atoms with E-state index < -0.39 is 5.91 Å². The number of aromatic nitrogens is 1. The number of carbonyl (C=O) groups is 1. The fourth-order valence-electron chi connectivity index (χ4n) is 1.83. The van der Waals surface area contributed by atoms with E-state index in [1.807, 2.05) is 37.3 Å². The number of para-hydroxylation sites is 1. The van der Waals surface area contributed by atoms with Crippen LogP contribution in [-0.2, 0) is 0 Å². The Balaban J connectivity index is 2.50. The largest absolute Gasteiger partial charge is 0.365 e. The maximum Gasteiger partial charge on any atom is 0.252 e. The molecule has 0 fully saturated rings. The van der Waals surface area contributed by atoms with Gasteiger partial charge in [-0.2, -0.15) is 0 Å². The van der Waals surface area contributed by atoms with Crippen LogP contribution in [0.3, 0.4) is 0 Å². The molecule has 0 radical (unpaired) electrons. The number of primary amides is 1. The third-order valence-electron chi connectivity index (χ3n) is 2.75. The van der Waals surface area contributed by atoms with Gasteiger partial charge >= 0.3 is 0 Å². The highest BCUT2D eigenvalue weighted by molar-refractivity contribution is 6.00. The normalized spacial score (nSPS) is 10.1. The van der Waals surface area contributed by atoms with Gasteiger partial charge in [0.1, 0.15) is 0 Å². The number of anilines is 2. The highest BCUT2D eigenvalue weighted by atomic mass is 16.1. The number of benzene rings is 1. The molecule has 0 saturated heterocycles. The molecule has 0 aliphatic heterocycles. The fourth-order valence-corrected chi connectivity index (χ4v) is 1.83. The Morgan fingerprint density at radius 3 is 2.50 bits per heavy atom. The van der Waals surface area contributed by atoms with E-state index >= 15 is 0 Å². The van der Waals surface area contributed by atoms with E-state index in [-0.39, 0.29) is 0 Å². The summed E-state index contributed by atoms with van der Waals surface area (Å²) in [4.78, 5) is 15.7. The number of nitrogens with one attached hydrogen (secondary N) is 1. The average Bonchev–Trinajstić information content (AvgIpc) is 2.35. The Morgan fingerprint density at radius 2 is 1.89 bits per heavy atom. The molecule has 3 N–H and O–H groups in total.